The van der Waals surface area contributed by atoms with E-state index in [-0.39, 0.29) is 0 Å². The van der Waals surface area contributed by atoms with Crippen LogP contribution in [0.25, 0.3) is 0 Å². The maximum absolute atomic E-state index is 11.1. The fourth-order valence-electron chi connectivity index (χ4n) is 8.01. The number of aliphatic hydroxyl groups excluding tert-OH is 24. The quantitative estimate of drug-likeness (QED) is 0.0697. The van der Waals surface area contributed by atoms with Gasteiger partial charge in [0.25, 0.3) is 0 Å². The summed E-state index contributed by atoms with van der Waals surface area (Å²) in [5, 5.41) is 264. The molecule has 1 rings (SSSR count). The van der Waals surface area contributed by atoms with E-state index >= 15 is 0 Å². The van der Waals surface area contributed by atoms with Crippen LogP contribution in [-0.2, 0) is 37.9 Å². The zero-order chi connectivity index (χ0) is 67.4. The van der Waals surface area contributed by atoms with Crippen LogP contribution in [0.4, 0.5) is 0 Å². The van der Waals surface area contributed by atoms with Crippen LogP contribution in [0.2, 0.25) is 0 Å². The largest absolute Gasteiger partial charge is 0.506 e. The van der Waals surface area contributed by atoms with Crippen molar-refractivity contribution >= 4 is 92.8 Å². The maximum Gasteiger partial charge on any atom is 0.218 e. The van der Waals surface area contributed by atoms with Crippen LogP contribution in [0.5, 0.6) is 0 Å². The van der Waals surface area contributed by atoms with E-state index in [2.05, 4.69) is 0 Å². The van der Waals surface area contributed by atoms with Gasteiger partial charge in [0, 0.05) is 47.0 Å². The average Bonchev–Trinajstić information content (AvgIpc) is 3.29. The minimum atomic E-state index is -2.75. The number of halogens is 8. The molecule has 0 radical (unpaired) electrons. The Balaban J connectivity index is 4.03. The summed E-state index contributed by atoms with van der Waals surface area (Å²) in [6.45, 7) is 0. The van der Waals surface area contributed by atoms with Crippen molar-refractivity contribution in [2.45, 2.75) is 212 Å². The second-order valence-electron chi connectivity index (χ2n) is 19.3. The van der Waals surface area contributed by atoms with Gasteiger partial charge in [0.15, 0.2) is 66.0 Å². The normalized spacial score (nSPS) is 42.2. The maximum atomic E-state index is 11.1. The lowest BCUT2D eigenvalue weighted by molar-refractivity contribution is -0.276. The summed E-state index contributed by atoms with van der Waals surface area (Å²) in [5.41, 5.74) is 0. The van der Waals surface area contributed by atoms with Gasteiger partial charge in [-0.25, -0.2) is 0 Å². The fourth-order valence-corrected chi connectivity index (χ4v) is 9.68. The molecule has 0 saturated heterocycles. The first-order chi connectivity index (χ1) is 41.3. The molecule has 0 aliphatic carbocycles. The number of hydrogen-bond acceptors (Lipinski definition) is 32. The Kier molecular flexibility index (Phi) is 42.8. The standard InChI is InChI=1S/C48H82Cl8O32/c49-9-1-17-25(57)33(65)42(74)82-19(3-11-51)27(59)35(67)44(76)84-21(5-13-53)29(61)37(69)46(78)86-23(7-15-55)31(63)39(71)48(80)88-24(8-16-56)32(64)40(72)47(79)87-22(6-14-54)30(62)38(70)45(77)85-20(4-12-52)28(60)36(68)43(75)83-18(2-10-50)26(58)34(66)41(73)81-17/h17-27,30,32-35,38,40-48,57-80H,1-16H2/b36-28-,37-29+,39-31+. The molecule has 24 N–H and O–H groups in total. The smallest absolute Gasteiger partial charge is 0.218 e. The molecule has 40 heteroatoms. The van der Waals surface area contributed by atoms with Crippen LogP contribution in [0.3, 0.4) is 0 Å². The number of alkyl halides is 8. The fraction of sp³-hybridized carbons (Fsp3) is 0.875. The lowest BCUT2D eigenvalue weighted by Gasteiger charge is -2.36. The molecule has 0 amide bonds. The number of hydrogen-bond donors (Lipinski definition) is 24. The van der Waals surface area contributed by atoms with Crippen LogP contribution in [0, 0.1) is 0 Å². The van der Waals surface area contributed by atoms with E-state index < -0.39 is 293 Å². The molecule has 0 aromatic rings. The van der Waals surface area contributed by atoms with Gasteiger partial charge < -0.3 is 160 Å². The van der Waals surface area contributed by atoms with Gasteiger partial charge in [-0.2, -0.15) is 0 Å². The first kappa shape index (κ1) is 85.3. The van der Waals surface area contributed by atoms with Crippen LogP contribution in [0.15, 0.2) is 34.6 Å². The number of ether oxygens (including phenoxy) is 8. The molecular weight excluding hydrogens is 1370 g/mol. The second-order valence-corrected chi connectivity index (χ2v) is 22.3. The van der Waals surface area contributed by atoms with Gasteiger partial charge in [-0.3, -0.25) is 0 Å². The average molecular weight is 1450 g/mol. The van der Waals surface area contributed by atoms with E-state index in [1.807, 2.05) is 0 Å². The molecular formula is C48H82Cl8O32. The number of aliphatic hydroxyl groups is 24. The van der Waals surface area contributed by atoms with E-state index in [0.717, 1.165) is 0 Å². The van der Waals surface area contributed by atoms with E-state index in [9.17, 15) is 123 Å². The van der Waals surface area contributed by atoms with E-state index in [1.165, 1.54) is 0 Å². The zero-order valence-corrected chi connectivity index (χ0v) is 52.4. The predicted octanol–water partition coefficient (Wildman–Crippen LogP) is -2.75. The summed E-state index contributed by atoms with van der Waals surface area (Å²) in [7, 11) is 0. The molecule has 0 saturated carbocycles. The summed E-state index contributed by atoms with van der Waals surface area (Å²) in [6.07, 6.45) is -66.2. The first-order valence-corrected chi connectivity index (χ1v) is 30.9. The Hall–Kier alpha value is -0.700. The van der Waals surface area contributed by atoms with Crippen molar-refractivity contribution in [3.05, 3.63) is 34.6 Å². The SMILES string of the molecule is O/C1=C(\O)C(CCCl)OC(O)C(O)C(O)C(CCCl)OC(O)C(O)C(O)C(CCCl)OC(O)/C(O)=C(\O)C(CCCl)OC(O)/C(O)=C(\O)C(CCCl)OC(O)C(O)C(O)C(CCCl)OC(O)C(O)C(O)C(CCCl)OC(O)C(O)C(O)C(CCCl)OC1O. The summed E-state index contributed by atoms with van der Waals surface area (Å²) in [5.74, 6) is -12.6. The monoisotopic (exact) mass is 1450 g/mol. The van der Waals surface area contributed by atoms with Crippen molar-refractivity contribution in [3.8, 4) is 0 Å². The Morgan fingerprint density at radius 3 is 0.580 bits per heavy atom. The molecule has 26 unspecified atom stereocenters. The highest BCUT2D eigenvalue weighted by Crippen LogP contribution is 2.29. The van der Waals surface area contributed by atoms with Crippen molar-refractivity contribution in [2.24, 2.45) is 0 Å². The molecule has 1 heterocycles. The highest BCUT2D eigenvalue weighted by molar-refractivity contribution is 6.19. The predicted molar refractivity (Wildman–Crippen MR) is 307 cm³/mol. The zero-order valence-electron chi connectivity index (χ0n) is 46.3. The van der Waals surface area contributed by atoms with Crippen molar-refractivity contribution in [3.63, 3.8) is 0 Å². The molecule has 1 aliphatic rings. The van der Waals surface area contributed by atoms with Crippen molar-refractivity contribution in [2.75, 3.05) is 47.0 Å². The van der Waals surface area contributed by atoms with Gasteiger partial charge in [-0.05, 0) is 51.4 Å². The molecule has 0 bridgehead atoms. The van der Waals surface area contributed by atoms with Gasteiger partial charge in [-0.15, -0.1) is 92.8 Å². The Morgan fingerprint density at radius 2 is 0.375 bits per heavy atom. The topological polar surface area (TPSA) is 559 Å². The Labute approximate surface area is 543 Å². The lowest BCUT2D eigenvalue weighted by atomic mass is 10.0. The highest BCUT2D eigenvalue weighted by atomic mass is 35.5. The van der Waals surface area contributed by atoms with Crippen LogP contribution >= 0.6 is 92.8 Å². The lowest BCUT2D eigenvalue weighted by Crippen LogP contribution is -2.54. The molecule has 32 nitrogen and oxygen atoms in total. The van der Waals surface area contributed by atoms with Gasteiger partial charge in [0.2, 0.25) is 18.9 Å². The highest BCUT2D eigenvalue weighted by Gasteiger charge is 2.44. The molecule has 1 aliphatic heterocycles. The second kappa shape index (κ2) is 44.1. The van der Waals surface area contributed by atoms with Gasteiger partial charge in [0.05, 0.1) is 30.5 Å². The van der Waals surface area contributed by atoms with E-state index in [1.54, 1.807) is 0 Å². The minimum absolute atomic E-state index is 0.445. The number of rotatable bonds is 16. The first-order valence-electron chi connectivity index (χ1n) is 26.6. The molecule has 0 fully saturated rings. The van der Waals surface area contributed by atoms with Crippen molar-refractivity contribution < 1.29 is 160 Å². The molecule has 26 atom stereocenters. The minimum Gasteiger partial charge on any atom is -0.506 e. The third-order valence-corrected chi connectivity index (χ3v) is 14.8. The summed E-state index contributed by atoms with van der Waals surface area (Å²) in [4.78, 5) is 0. The summed E-state index contributed by atoms with van der Waals surface area (Å²) in [6, 6.07) is 0. The summed E-state index contributed by atoms with van der Waals surface area (Å²) < 4.78 is 42.0. The summed E-state index contributed by atoms with van der Waals surface area (Å²) >= 11 is 46.8. The van der Waals surface area contributed by atoms with Gasteiger partial charge in [-0.1, -0.05) is 0 Å². The van der Waals surface area contributed by atoms with E-state index in [0.29, 0.717) is 0 Å². The Bertz CT molecular complexity index is 2000. The molecule has 522 valence electrons. The van der Waals surface area contributed by atoms with Gasteiger partial charge in [0.1, 0.15) is 79.4 Å². The van der Waals surface area contributed by atoms with E-state index in [4.69, 9.17) is 131 Å². The van der Waals surface area contributed by atoms with Crippen LogP contribution in [-0.4, -0.2) is 330 Å². The van der Waals surface area contributed by atoms with Crippen LogP contribution < -0.4 is 0 Å². The molecule has 0 aromatic carbocycles. The molecule has 0 spiro atoms. The van der Waals surface area contributed by atoms with Crippen molar-refractivity contribution in [1.82, 2.24) is 0 Å². The molecule has 0 aromatic heterocycles. The Morgan fingerprint density at radius 1 is 0.205 bits per heavy atom. The van der Waals surface area contributed by atoms with Crippen LogP contribution in [0.1, 0.15) is 51.4 Å². The molecule has 88 heavy (non-hydrogen) atoms. The van der Waals surface area contributed by atoms with Crippen molar-refractivity contribution in [1.29, 1.82) is 0 Å². The third-order valence-electron chi connectivity index (χ3n) is 13.1. The third kappa shape index (κ3) is 26.5. The van der Waals surface area contributed by atoms with Gasteiger partial charge >= 0.3 is 0 Å².